The van der Waals surface area contributed by atoms with Gasteiger partial charge in [0.15, 0.2) is 0 Å². The van der Waals surface area contributed by atoms with Gasteiger partial charge in [-0.1, -0.05) is 48.0 Å². The van der Waals surface area contributed by atoms with Gasteiger partial charge in [0.25, 0.3) is 10.1 Å². The molecule has 7 nitrogen and oxygen atoms in total. The lowest BCUT2D eigenvalue weighted by molar-refractivity contribution is -0.00383. The summed E-state index contributed by atoms with van der Waals surface area (Å²) < 4.78 is 54.0. The molecule has 0 unspecified atom stereocenters. The van der Waals surface area contributed by atoms with E-state index in [2.05, 4.69) is 0 Å². The first-order valence-electron chi connectivity index (χ1n) is 9.89. The highest BCUT2D eigenvalue weighted by atomic mass is 32.2. The SMILES string of the molecule is Cc1ccc(S(=O)(=O)O)c(CCOCCOCCOCCOCc2ccccc2)c1. The summed E-state index contributed by atoms with van der Waals surface area (Å²) in [6.07, 6.45) is 0.392. The Labute approximate surface area is 178 Å². The second-order valence-electron chi connectivity index (χ2n) is 6.71. The molecule has 1 N–H and O–H groups in total. The Balaban J connectivity index is 1.45. The lowest BCUT2D eigenvalue weighted by Gasteiger charge is -2.10. The lowest BCUT2D eigenvalue weighted by atomic mass is 10.1. The number of ether oxygens (including phenoxy) is 4. The molecular formula is C22H30O7S. The van der Waals surface area contributed by atoms with Crippen LogP contribution < -0.4 is 0 Å². The van der Waals surface area contributed by atoms with Crippen LogP contribution in [0.25, 0.3) is 0 Å². The quantitative estimate of drug-likeness (QED) is 0.338. The predicted molar refractivity (Wildman–Crippen MR) is 113 cm³/mol. The summed E-state index contributed by atoms with van der Waals surface area (Å²) in [5.74, 6) is 0. The average molecular weight is 439 g/mol. The van der Waals surface area contributed by atoms with Crippen molar-refractivity contribution in [2.24, 2.45) is 0 Å². The molecule has 0 aliphatic carbocycles. The second kappa shape index (κ2) is 13.5. The van der Waals surface area contributed by atoms with E-state index in [0.717, 1.165) is 11.1 Å². The Kier molecular flexibility index (Phi) is 11.0. The fraction of sp³-hybridized carbons (Fsp3) is 0.455. The molecule has 2 aromatic rings. The number of rotatable bonds is 15. The Morgan fingerprint density at radius 3 is 1.93 bits per heavy atom. The Morgan fingerprint density at radius 2 is 1.33 bits per heavy atom. The normalized spacial score (nSPS) is 11.7. The molecule has 0 heterocycles. The van der Waals surface area contributed by atoms with Gasteiger partial charge in [-0.25, -0.2) is 0 Å². The van der Waals surface area contributed by atoms with Crippen molar-refractivity contribution in [1.29, 1.82) is 0 Å². The van der Waals surface area contributed by atoms with Gasteiger partial charge in [-0.3, -0.25) is 4.55 Å². The summed E-state index contributed by atoms with van der Waals surface area (Å²) in [4.78, 5) is -0.0714. The molecular weight excluding hydrogens is 408 g/mol. The highest BCUT2D eigenvalue weighted by molar-refractivity contribution is 7.85. The Bertz CT molecular complexity index is 838. The summed E-state index contributed by atoms with van der Waals surface area (Å²) in [6.45, 7) is 5.59. The van der Waals surface area contributed by atoms with E-state index in [1.54, 1.807) is 12.1 Å². The smallest absolute Gasteiger partial charge is 0.294 e. The lowest BCUT2D eigenvalue weighted by Crippen LogP contribution is -2.13. The molecule has 0 fully saturated rings. The van der Waals surface area contributed by atoms with Crippen molar-refractivity contribution in [2.45, 2.75) is 24.8 Å². The molecule has 0 radical (unpaired) electrons. The number of hydrogen-bond donors (Lipinski definition) is 1. The first kappa shape index (κ1) is 24.5. The van der Waals surface area contributed by atoms with Crippen LogP contribution in [0.1, 0.15) is 16.7 Å². The zero-order chi connectivity index (χ0) is 21.7. The fourth-order valence-electron chi connectivity index (χ4n) is 2.76. The van der Waals surface area contributed by atoms with Crippen LogP contribution in [0.5, 0.6) is 0 Å². The minimum atomic E-state index is -4.23. The third-order valence-electron chi connectivity index (χ3n) is 4.24. The summed E-state index contributed by atoms with van der Waals surface area (Å²) in [5.41, 5.74) is 2.60. The van der Waals surface area contributed by atoms with Crippen molar-refractivity contribution >= 4 is 10.1 Å². The van der Waals surface area contributed by atoms with Crippen LogP contribution in [-0.2, 0) is 42.1 Å². The molecule has 0 bridgehead atoms. The van der Waals surface area contributed by atoms with E-state index < -0.39 is 10.1 Å². The topological polar surface area (TPSA) is 91.3 Å². The van der Waals surface area contributed by atoms with E-state index in [1.807, 2.05) is 37.3 Å². The predicted octanol–water partition coefficient (Wildman–Crippen LogP) is 3.05. The van der Waals surface area contributed by atoms with E-state index in [-0.39, 0.29) is 4.90 Å². The van der Waals surface area contributed by atoms with Crippen LogP contribution >= 0.6 is 0 Å². The third-order valence-corrected chi connectivity index (χ3v) is 5.19. The monoisotopic (exact) mass is 438 g/mol. The molecule has 0 spiro atoms. The average Bonchev–Trinajstić information content (AvgIpc) is 2.71. The molecule has 2 rings (SSSR count). The van der Waals surface area contributed by atoms with Gasteiger partial charge >= 0.3 is 0 Å². The molecule has 0 saturated carbocycles. The van der Waals surface area contributed by atoms with E-state index in [0.29, 0.717) is 64.8 Å². The van der Waals surface area contributed by atoms with Gasteiger partial charge in [0.2, 0.25) is 0 Å². The van der Waals surface area contributed by atoms with Crippen LogP contribution in [-0.4, -0.2) is 59.2 Å². The fourth-order valence-corrected chi connectivity index (χ4v) is 3.49. The van der Waals surface area contributed by atoms with E-state index in [4.69, 9.17) is 18.9 Å². The maximum Gasteiger partial charge on any atom is 0.294 e. The molecule has 0 aliphatic rings. The summed E-state index contributed by atoms with van der Waals surface area (Å²) in [7, 11) is -4.23. The maximum atomic E-state index is 11.4. The molecule has 0 aromatic heterocycles. The van der Waals surface area contributed by atoms with Gasteiger partial charge in [-0.2, -0.15) is 8.42 Å². The van der Waals surface area contributed by atoms with Crippen LogP contribution in [0.2, 0.25) is 0 Å². The molecule has 30 heavy (non-hydrogen) atoms. The molecule has 8 heteroatoms. The van der Waals surface area contributed by atoms with Gasteiger partial charge in [0.05, 0.1) is 57.8 Å². The van der Waals surface area contributed by atoms with Crippen molar-refractivity contribution in [3.63, 3.8) is 0 Å². The van der Waals surface area contributed by atoms with Crippen LogP contribution in [0.4, 0.5) is 0 Å². The van der Waals surface area contributed by atoms with Gasteiger partial charge in [-0.05, 0) is 30.5 Å². The maximum absolute atomic E-state index is 11.4. The van der Waals surface area contributed by atoms with Crippen molar-refractivity contribution in [1.82, 2.24) is 0 Å². The first-order valence-corrected chi connectivity index (χ1v) is 11.3. The van der Waals surface area contributed by atoms with E-state index in [1.165, 1.54) is 6.07 Å². The third kappa shape index (κ3) is 9.80. The first-order chi connectivity index (χ1) is 14.5. The van der Waals surface area contributed by atoms with Crippen LogP contribution in [0.3, 0.4) is 0 Å². The van der Waals surface area contributed by atoms with Crippen molar-refractivity contribution in [3.05, 3.63) is 65.2 Å². The van der Waals surface area contributed by atoms with Crippen molar-refractivity contribution < 1.29 is 31.9 Å². The van der Waals surface area contributed by atoms with Crippen molar-refractivity contribution in [3.8, 4) is 0 Å². The molecule has 0 saturated heterocycles. The standard InChI is InChI=1S/C22H30O7S/c1-19-7-8-22(30(23,24)25)21(17-19)9-10-26-11-12-27-13-14-28-15-16-29-18-20-5-3-2-4-6-20/h2-8,17H,9-16,18H2,1H3,(H,23,24,25). The Hall–Kier alpha value is -1.81. The van der Waals surface area contributed by atoms with Crippen molar-refractivity contribution in [2.75, 3.05) is 46.2 Å². The summed E-state index contributed by atoms with van der Waals surface area (Å²) in [5, 5.41) is 0. The summed E-state index contributed by atoms with van der Waals surface area (Å²) in [6, 6.07) is 14.8. The molecule has 166 valence electrons. The molecule has 0 aliphatic heterocycles. The highest BCUT2D eigenvalue weighted by Crippen LogP contribution is 2.18. The zero-order valence-corrected chi connectivity index (χ0v) is 18.1. The molecule has 2 aromatic carbocycles. The highest BCUT2D eigenvalue weighted by Gasteiger charge is 2.15. The van der Waals surface area contributed by atoms with Gasteiger partial charge < -0.3 is 18.9 Å². The van der Waals surface area contributed by atoms with Gasteiger partial charge in [0, 0.05) is 0 Å². The summed E-state index contributed by atoms with van der Waals surface area (Å²) >= 11 is 0. The van der Waals surface area contributed by atoms with Gasteiger partial charge in [0.1, 0.15) is 0 Å². The molecule has 0 amide bonds. The molecule has 0 atom stereocenters. The zero-order valence-electron chi connectivity index (χ0n) is 17.3. The number of aryl methyl sites for hydroxylation is 1. The van der Waals surface area contributed by atoms with E-state index in [9.17, 15) is 13.0 Å². The number of hydrogen-bond acceptors (Lipinski definition) is 6. The van der Waals surface area contributed by atoms with Crippen LogP contribution in [0.15, 0.2) is 53.4 Å². The van der Waals surface area contributed by atoms with Crippen LogP contribution in [0, 0.1) is 6.92 Å². The largest absolute Gasteiger partial charge is 0.379 e. The second-order valence-corrected chi connectivity index (χ2v) is 8.10. The Morgan fingerprint density at radius 1 is 0.767 bits per heavy atom. The number of benzene rings is 2. The minimum absolute atomic E-state index is 0.0714. The van der Waals surface area contributed by atoms with E-state index >= 15 is 0 Å². The minimum Gasteiger partial charge on any atom is -0.379 e. The van der Waals surface area contributed by atoms with Gasteiger partial charge in [-0.15, -0.1) is 0 Å².